The molecule has 5 nitrogen and oxygen atoms in total. The molecule has 0 aromatic carbocycles. The lowest BCUT2D eigenvalue weighted by Gasteiger charge is -2.32. The van der Waals surface area contributed by atoms with Gasteiger partial charge in [0.2, 0.25) is 0 Å². The van der Waals surface area contributed by atoms with Gasteiger partial charge in [0.15, 0.2) is 0 Å². The average molecular weight is 263 g/mol. The van der Waals surface area contributed by atoms with E-state index in [2.05, 4.69) is 41.0 Å². The van der Waals surface area contributed by atoms with Crippen LogP contribution < -0.4 is 16.0 Å². The summed E-state index contributed by atoms with van der Waals surface area (Å²) in [6.07, 6.45) is 3.95. The van der Waals surface area contributed by atoms with Crippen LogP contribution in [0.5, 0.6) is 0 Å². The zero-order valence-corrected chi connectivity index (χ0v) is 12.2. The second kappa shape index (κ2) is 5.74. The molecule has 2 heterocycles. The highest BCUT2D eigenvalue weighted by Crippen LogP contribution is 2.23. The Morgan fingerprint density at radius 1 is 1.32 bits per heavy atom. The highest BCUT2D eigenvalue weighted by molar-refractivity contribution is 5.49. The number of anilines is 2. The topological polar surface area (TPSA) is 67.1 Å². The molecule has 1 saturated heterocycles. The van der Waals surface area contributed by atoms with Gasteiger partial charge >= 0.3 is 0 Å². The first kappa shape index (κ1) is 14.1. The number of hydrogen-bond donors (Lipinski definition) is 2. The normalized spacial score (nSPS) is 17.6. The first-order valence-corrected chi connectivity index (χ1v) is 7.03. The molecule has 0 amide bonds. The van der Waals surface area contributed by atoms with Crippen molar-refractivity contribution in [1.82, 2.24) is 9.97 Å². The van der Waals surface area contributed by atoms with Gasteiger partial charge in [-0.25, -0.2) is 9.97 Å². The maximum Gasteiger partial charge on any atom is 0.134 e. The van der Waals surface area contributed by atoms with E-state index >= 15 is 0 Å². The highest BCUT2D eigenvalue weighted by atomic mass is 15.2. The van der Waals surface area contributed by atoms with E-state index in [0.29, 0.717) is 5.92 Å². The molecule has 1 aromatic rings. The molecule has 0 spiro atoms. The van der Waals surface area contributed by atoms with Crippen molar-refractivity contribution in [1.29, 1.82) is 0 Å². The molecule has 1 aromatic heterocycles. The van der Waals surface area contributed by atoms with E-state index in [1.54, 1.807) is 6.33 Å². The van der Waals surface area contributed by atoms with Crippen LogP contribution in [0, 0.1) is 5.92 Å². The van der Waals surface area contributed by atoms with Crippen LogP contribution >= 0.6 is 0 Å². The third-order valence-corrected chi connectivity index (χ3v) is 3.43. The van der Waals surface area contributed by atoms with Crippen LogP contribution in [0.4, 0.5) is 11.6 Å². The number of nitrogens with two attached hydrogens (primary N) is 1. The molecule has 0 atom stereocenters. The summed E-state index contributed by atoms with van der Waals surface area (Å²) in [7, 11) is 0. The van der Waals surface area contributed by atoms with E-state index in [1.807, 2.05) is 6.07 Å². The fourth-order valence-electron chi connectivity index (χ4n) is 2.37. The first-order chi connectivity index (χ1) is 8.98. The van der Waals surface area contributed by atoms with Gasteiger partial charge in [-0.15, -0.1) is 0 Å². The van der Waals surface area contributed by atoms with Crippen molar-refractivity contribution in [2.24, 2.45) is 11.7 Å². The molecule has 0 bridgehead atoms. The lowest BCUT2D eigenvalue weighted by molar-refractivity contribution is 0.413. The average Bonchev–Trinajstić information content (AvgIpc) is 2.37. The van der Waals surface area contributed by atoms with Crippen molar-refractivity contribution in [3.63, 3.8) is 0 Å². The number of nitrogens with zero attached hydrogens (tertiary/aromatic N) is 3. The monoisotopic (exact) mass is 263 g/mol. The van der Waals surface area contributed by atoms with Crippen LogP contribution in [-0.2, 0) is 0 Å². The van der Waals surface area contributed by atoms with Gasteiger partial charge in [-0.05, 0) is 46.1 Å². The summed E-state index contributed by atoms with van der Waals surface area (Å²) in [6.45, 7) is 9.25. The number of hydrogen-bond acceptors (Lipinski definition) is 5. The molecule has 0 radical (unpaired) electrons. The van der Waals surface area contributed by atoms with Gasteiger partial charge in [0, 0.05) is 24.7 Å². The Bertz CT molecular complexity index is 405. The van der Waals surface area contributed by atoms with Crippen molar-refractivity contribution in [3.05, 3.63) is 12.4 Å². The summed E-state index contributed by atoms with van der Waals surface area (Å²) < 4.78 is 0. The predicted octanol–water partition coefficient (Wildman–Crippen LogP) is 1.86. The third-order valence-electron chi connectivity index (χ3n) is 3.43. The molecule has 19 heavy (non-hydrogen) atoms. The summed E-state index contributed by atoms with van der Waals surface area (Å²) in [5.41, 5.74) is 5.74. The van der Waals surface area contributed by atoms with Crippen molar-refractivity contribution in [2.45, 2.75) is 39.2 Å². The van der Waals surface area contributed by atoms with Gasteiger partial charge in [0.25, 0.3) is 0 Å². The lowest BCUT2D eigenvalue weighted by Crippen LogP contribution is -2.36. The van der Waals surface area contributed by atoms with Gasteiger partial charge in [-0.3, -0.25) is 0 Å². The maximum absolute atomic E-state index is 5.73. The summed E-state index contributed by atoms with van der Waals surface area (Å²) in [4.78, 5) is 11.0. The number of rotatable bonds is 3. The molecule has 5 heteroatoms. The maximum atomic E-state index is 5.73. The second-order valence-corrected chi connectivity index (χ2v) is 6.30. The Hall–Kier alpha value is -1.36. The van der Waals surface area contributed by atoms with E-state index in [4.69, 9.17) is 5.73 Å². The van der Waals surface area contributed by atoms with Gasteiger partial charge in [-0.1, -0.05) is 0 Å². The second-order valence-electron chi connectivity index (χ2n) is 6.30. The molecule has 1 fully saturated rings. The van der Waals surface area contributed by atoms with E-state index in [1.165, 1.54) is 0 Å². The zero-order valence-electron chi connectivity index (χ0n) is 12.2. The zero-order chi connectivity index (χ0) is 13.9. The van der Waals surface area contributed by atoms with Gasteiger partial charge in [-0.2, -0.15) is 0 Å². The van der Waals surface area contributed by atoms with E-state index in [-0.39, 0.29) is 5.54 Å². The molecule has 3 N–H and O–H groups in total. The predicted molar refractivity (Wildman–Crippen MR) is 79.4 cm³/mol. The molecule has 1 aliphatic rings. The molecule has 0 saturated carbocycles. The standard InChI is InChI=1S/C14H25N5/c1-14(2,3)18-12-8-13(17-10-16-12)19-6-4-11(9-15)5-7-19/h8,10-11H,4-7,9,15H2,1-3H3,(H,16,17,18). The van der Waals surface area contributed by atoms with E-state index in [9.17, 15) is 0 Å². The van der Waals surface area contributed by atoms with Crippen LogP contribution in [0.1, 0.15) is 33.6 Å². The largest absolute Gasteiger partial charge is 0.365 e. The molecule has 0 aliphatic carbocycles. The van der Waals surface area contributed by atoms with Crippen molar-refractivity contribution in [3.8, 4) is 0 Å². The van der Waals surface area contributed by atoms with Crippen LogP contribution in [0.3, 0.4) is 0 Å². The molecular weight excluding hydrogens is 238 g/mol. The molecule has 1 aliphatic heterocycles. The minimum atomic E-state index is 0.0121. The number of aromatic nitrogens is 2. The number of nitrogens with one attached hydrogen (secondary N) is 1. The fourth-order valence-corrected chi connectivity index (χ4v) is 2.37. The summed E-state index contributed by atoms with van der Waals surface area (Å²) >= 11 is 0. The SMILES string of the molecule is CC(C)(C)Nc1cc(N2CCC(CN)CC2)ncn1. The highest BCUT2D eigenvalue weighted by Gasteiger charge is 2.19. The molecular formula is C14H25N5. The Labute approximate surface area is 115 Å². The lowest BCUT2D eigenvalue weighted by atomic mass is 9.97. The van der Waals surface area contributed by atoms with Crippen molar-refractivity contribution in [2.75, 3.05) is 29.9 Å². The number of piperidine rings is 1. The van der Waals surface area contributed by atoms with Crippen LogP contribution in [0.15, 0.2) is 12.4 Å². The molecule has 106 valence electrons. The smallest absolute Gasteiger partial charge is 0.134 e. The molecule has 2 rings (SSSR count). The van der Waals surface area contributed by atoms with Gasteiger partial charge in [0.05, 0.1) is 0 Å². The van der Waals surface area contributed by atoms with Crippen LogP contribution in [-0.4, -0.2) is 35.1 Å². The Balaban J connectivity index is 2.03. The van der Waals surface area contributed by atoms with Gasteiger partial charge < -0.3 is 16.0 Å². The Morgan fingerprint density at radius 2 is 2.00 bits per heavy atom. The fraction of sp³-hybridized carbons (Fsp3) is 0.714. The minimum absolute atomic E-state index is 0.0121. The quantitative estimate of drug-likeness (QED) is 0.871. The van der Waals surface area contributed by atoms with Crippen molar-refractivity contribution < 1.29 is 0 Å². The van der Waals surface area contributed by atoms with Crippen molar-refractivity contribution >= 4 is 11.6 Å². The van der Waals surface area contributed by atoms with Crippen LogP contribution in [0.25, 0.3) is 0 Å². The molecule has 0 unspecified atom stereocenters. The Kier molecular flexibility index (Phi) is 4.24. The minimum Gasteiger partial charge on any atom is -0.365 e. The van der Waals surface area contributed by atoms with E-state index in [0.717, 1.165) is 44.1 Å². The summed E-state index contributed by atoms with van der Waals surface area (Å²) in [5.74, 6) is 2.57. The third kappa shape index (κ3) is 4.06. The van der Waals surface area contributed by atoms with E-state index < -0.39 is 0 Å². The summed E-state index contributed by atoms with van der Waals surface area (Å²) in [6, 6.07) is 2.04. The van der Waals surface area contributed by atoms with Crippen LogP contribution in [0.2, 0.25) is 0 Å². The first-order valence-electron chi connectivity index (χ1n) is 7.03. The Morgan fingerprint density at radius 3 is 2.58 bits per heavy atom. The summed E-state index contributed by atoms with van der Waals surface area (Å²) in [5, 5.41) is 3.38. The van der Waals surface area contributed by atoms with Gasteiger partial charge in [0.1, 0.15) is 18.0 Å².